The van der Waals surface area contributed by atoms with Gasteiger partial charge >= 0.3 is 12.1 Å². The molecule has 1 rings (SSSR count). The number of carbonyl (C=O) groups is 2. The summed E-state index contributed by atoms with van der Waals surface area (Å²) in [6.45, 7) is 0. The van der Waals surface area contributed by atoms with Crippen molar-refractivity contribution < 1.29 is 19.8 Å². The van der Waals surface area contributed by atoms with Crippen molar-refractivity contribution in [1.29, 1.82) is 0 Å². The van der Waals surface area contributed by atoms with Crippen LogP contribution in [0.15, 0.2) is 12.5 Å². The molecule has 0 spiro atoms. The van der Waals surface area contributed by atoms with Gasteiger partial charge in [0.1, 0.15) is 6.33 Å². The lowest BCUT2D eigenvalue weighted by atomic mass is 10.2. The van der Waals surface area contributed by atoms with Gasteiger partial charge in [0.25, 0.3) is 0 Å². The van der Waals surface area contributed by atoms with Crippen molar-refractivity contribution in [2.75, 3.05) is 0 Å². The van der Waals surface area contributed by atoms with E-state index < -0.39 is 12.1 Å². The number of hydrogen-bond donors (Lipinski definition) is 2. The molecule has 1 heterocycles. The minimum absolute atomic E-state index is 0.0450. The van der Waals surface area contributed by atoms with E-state index in [0.717, 1.165) is 10.9 Å². The fourth-order valence-electron chi connectivity index (χ4n) is 0.832. The first-order valence-corrected chi connectivity index (χ1v) is 3.57. The van der Waals surface area contributed by atoms with Gasteiger partial charge < -0.3 is 10.2 Å². The first-order valence-electron chi connectivity index (χ1n) is 3.57. The van der Waals surface area contributed by atoms with Gasteiger partial charge in [-0.15, -0.1) is 0 Å². The topological polar surface area (TPSA) is 92.4 Å². The zero-order valence-electron chi connectivity index (χ0n) is 6.67. The summed E-state index contributed by atoms with van der Waals surface area (Å²) in [6.07, 6.45) is 1.51. The third-order valence-corrected chi connectivity index (χ3v) is 1.45. The van der Waals surface area contributed by atoms with Crippen LogP contribution in [0, 0.1) is 0 Å². The maximum absolute atomic E-state index is 10.4. The van der Waals surface area contributed by atoms with Gasteiger partial charge in [-0.2, -0.15) is 0 Å². The van der Waals surface area contributed by atoms with Crippen molar-refractivity contribution in [3.63, 3.8) is 0 Å². The maximum Gasteiger partial charge on any atom is 0.416 e. The molecule has 0 atom stereocenters. The van der Waals surface area contributed by atoms with Crippen molar-refractivity contribution >= 4 is 12.1 Å². The van der Waals surface area contributed by atoms with Gasteiger partial charge in [-0.1, -0.05) is 0 Å². The zero-order chi connectivity index (χ0) is 9.84. The smallest absolute Gasteiger partial charge is 0.416 e. The first-order chi connectivity index (χ1) is 6.09. The summed E-state index contributed by atoms with van der Waals surface area (Å²) in [7, 11) is 0. The van der Waals surface area contributed by atoms with E-state index in [2.05, 4.69) is 4.98 Å². The lowest BCUT2D eigenvalue weighted by Crippen LogP contribution is -2.04. The molecule has 0 fully saturated rings. The molecular formula is C7H8N2O4. The largest absolute Gasteiger partial charge is 0.481 e. The van der Waals surface area contributed by atoms with Gasteiger partial charge in [-0.3, -0.25) is 4.79 Å². The number of imidazole rings is 1. The molecule has 0 amide bonds. The van der Waals surface area contributed by atoms with Crippen LogP contribution in [0.4, 0.5) is 4.79 Å². The molecule has 0 radical (unpaired) electrons. The average Bonchev–Trinajstić information content (AvgIpc) is 2.48. The molecule has 1 aromatic rings. The molecule has 13 heavy (non-hydrogen) atoms. The number of aliphatic carboxylic acids is 1. The molecule has 0 aromatic carbocycles. The van der Waals surface area contributed by atoms with Gasteiger partial charge in [-0.05, 0) is 0 Å². The molecule has 1 aromatic heterocycles. The zero-order valence-corrected chi connectivity index (χ0v) is 6.67. The Morgan fingerprint density at radius 3 is 2.62 bits per heavy atom. The van der Waals surface area contributed by atoms with E-state index in [0.29, 0.717) is 5.69 Å². The van der Waals surface area contributed by atoms with Crippen molar-refractivity contribution in [1.82, 2.24) is 9.55 Å². The van der Waals surface area contributed by atoms with Crippen molar-refractivity contribution in [2.45, 2.75) is 12.8 Å². The van der Waals surface area contributed by atoms with Crippen LogP contribution in [0.3, 0.4) is 0 Å². The number of carboxylic acid groups (broad SMARTS) is 2. The fraction of sp³-hybridized carbons (Fsp3) is 0.286. The van der Waals surface area contributed by atoms with Crippen LogP contribution in [0.25, 0.3) is 0 Å². The standard InChI is InChI=1S/C7H8N2O4/c10-6(11)2-1-5-3-9(4-8-5)7(12)13/h3-4H,1-2H2,(H,10,11)(H,12,13). The lowest BCUT2D eigenvalue weighted by molar-refractivity contribution is -0.136. The number of hydrogen-bond acceptors (Lipinski definition) is 3. The second-order valence-corrected chi connectivity index (χ2v) is 2.45. The Morgan fingerprint density at radius 1 is 1.46 bits per heavy atom. The summed E-state index contributed by atoms with van der Waals surface area (Å²) in [6, 6.07) is 0. The quantitative estimate of drug-likeness (QED) is 0.710. The second-order valence-electron chi connectivity index (χ2n) is 2.45. The number of aryl methyl sites for hydroxylation is 1. The predicted octanol–water partition coefficient (Wildman–Crippen LogP) is 0.426. The third-order valence-electron chi connectivity index (χ3n) is 1.45. The highest BCUT2D eigenvalue weighted by atomic mass is 16.4. The van der Waals surface area contributed by atoms with E-state index in [9.17, 15) is 9.59 Å². The van der Waals surface area contributed by atoms with E-state index in [-0.39, 0.29) is 12.8 Å². The Labute approximate surface area is 73.4 Å². The molecule has 0 unspecified atom stereocenters. The monoisotopic (exact) mass is 184 g/mol. The van der Waals surface area contributed by atoms with Gasteiger partial charge in [0.05, 0.1) is 12.1 Å². The van der Waals surface area contributed by atoms with Gasteiger partial charge in [-0.25, -0.2) is 14.3 Å². The van der Waals surface area contributed by atoms with Crippen LogP contribution in [0.5, 0.6) is 0 Å². The summed E-state index contributed by atoms with van der Waals surface area (Å²) in [5.41, 5.74) is 0.463. The number of nitrogens with zero attached hydrogens (tertiary/aromatic N) is 2. The summed E-state index contributed by atoms with van der Waals surface area (Å²) in [5.74, 6) is -0.926. The van der Waals surface area contributed by atoms with Gasteiger partial charge in [0.15, 0.2) is 0 Å². The Balaban J connectivity index is 2.59. The Hall–Kier alpha value is -1.85. The molecule has 0 aliphatic rings. The van der Waals surface area contributed by atoms with Crippen LogP contribution in [0.2, 0.25) is 0 Å². The van der Waals surface area contributed by atoms with Gasteiger partial charge in [0, 0.05) is 12.6 Å². The molecule has 0 saturated heterocycles. The molecule has 6 nitrogen and oxygen atoms in total. The fourth-order valence-corrected chi connectivity index (χ4v) is 0.832. The Morgan fingerprint density at radius 2 is 2.15 bits per heavy atom. The highest BCUT2D eigenvalue weighted by Gasteiger charge is 2.05. The molecule has 0 bridgehead atoms. The number of carboxylic acids is 1. The molecule has 6 heteroatoms. The number of aromatic nitrogens is 2. The molecule has 0 aliphatic carbocycles. The number of rotatable bonds is 3. The Kier molecular flexibility index (Phi) is 2.63. The van der Waals surface area contributed by atoms with Crippen LogP contribution >= 0.6 is 0 Å². The van der Waals surface area contributed by atoms with E-state index in [1.54, 1.807) is 0 Å². The van der Waals surface area contributed by atoms with Crippen LogP contribution < -0.4 is 0 Å². The molecule has 2 N–H and O–H groups in total. The highest BCUT2D eigenvalue weighted by Crippen LogP contribution is 1.99. The van der Waals surface area contributed by atoms with Gasteiger partial charge in [0.2, 0.25) is 0 Å². The maximum atomic E-state index is 10.4. The van der Waals surface area contributed by atoms with E-state index in [4.69, 9.17) is 10.2 Å². The van der Waals surface area contributed by atoms with Crippen LogP contribution in [-0.4, -0.2) is 31.8 Å². The minimum atomic E-state index is -1.13. The Bertz CT molecular complexity index is 331. The first kappa shape index (κ1) is 9.24. The summed E-state index contributed by atoms with van der Waals surface area (Å²) in [5, 5.41) is 16.8. The average molecular weight is 184 g/mol. The minimum Gasteiger partial charge on any atom is -0.481 e. The van der Waals surface area contributed by atoms with E-state index >= 15 is 0 Å². The third kappa shape index (κ3) is 2.58. The summed E-state index contributed by atoms with van der Waals surface area (Å²) >= 11 is 0. The SMILES string of the molecule is O=C(O)CCc1cn(C(=O)O)cn1. The second kappa shape index (κ2) is 3.70. The molecule has 70 valence electrons. The normalized spacial score (nSPS) is 9.85. The van der Waals surface area contributed by atoms with Crippen LogP contribution in [0.1, 0.15) is 12.1 Å². The lowest BCUT2D eigenvalue weighted by Gasteiger charge is -1.90. The molecule has 0 saturated carbocycles. The van der Waals surface area contributed by atoms with Crippen molar-refractivity contribution in [2.24, 2.45) is 0 Å². The molecule has 0 aliphatic heterocycles. The van der Waals surface area contributed by atoms with E-state index in [1.807, 2.05) is 0 Å². The molecular weight excluding hydrogens is 176 g/mol. The van der Waals surface area contributed by atoms with Crippen molar-refractivity contribution in [3.8, 4) is 0 Å². The van der Waals surface area contributed by atoms with Crippen LogP contribution in [-0.2, 0) is 11.2 Å². The predicted molar refractivity (Wildman–Crippen MR) is 41.6 cm³/mol. The highest BCUT2D eigenvalue weighted by molar-refractivity contribution is 5.68. The van der Waals surface area contributed by atoms with Crippen molar-refractivity contribution in [3.05, 3.63) is 18.2 Å². The van der Waals surface area contributed by atoms with E-state index in [1.165, 1.54) is 6.20 Å². The summed E-state index contributed by atoms with van der Waals surface area (Å²) < 4.78 is 0.886. The summed E-state index contributed by atoms with van der Waals surface area (Å²) in [4.78, 5) is 24.2.